The van der Waals surface area contributed by atoms with Crippen molar-refractivity contribution in [3.8, 4) is 0 Å². The molecule has 0 spiro atoms. The summed E-state index contributed by atoms with van der Waals surface area (Å²) in [6.45, 7) is 6.62. The minimum atomic E-state index is -0.774. The Morgan fingerprint density at radius 1 is 0.263 bits per heavy atom. The van der Waals surface area contributed by atoms with Gasteiger partial charge in [-0.25, -0.2) is 0 Å². The first kappa shape index (κ1) is 73.9. The minimum Gasteiger partial charge on any atom is -0.462 e. The van der Waals surface area contributed by atoms with E-state index in [-0.39, 0.29) is 31.1 Å². The molecule has 76 heavy (non-hydrogen) atoms. The number of hydrogen-bond donors (Lipinski definition) is 0. The van der Waals surface area contributed by atoms with Crippen LogP contribution in [0.25, 0.3) is 0 Å². The molecule has 0 amide bonds. The lowest BCUT2D eigenvalue weighted by molar-refractivity contribution is -0.167. The molecule has 6 nitrogen and oxygen atoms in total. The SMILES string of the molecule is CCC/C=C\C/C=C\CCCCCCCC(=O)OC(COC(=O)CCCCCCCCCCCCC)COC(=O)CCCCCCCCCCCCCCCCCCCCCCCCCCCCCCCCCCCC. The summed E-state index contributed by atoms with van der Waals surface area (Å²) in [5, 5.41) is 0. The predicted octanol–water partition coefficient (Wildman–Crippen LogP) is 23.4. The minimum absolute atomic E-state index is 0.0715. The summed E-state index contributed by atoms with van der Waals surface area (Å²) in [6, 6.07) is 0. The normalized spacial score (nSPS) is 12.1. The van der Waals surface area contributed by atoms with E-state index < -0.39 is 6.10 Å². The number of esters is 3. The number of ether oxygens (including phenoxy) is 3. The van der Waals surface area contributed by atoms with Gasteiger partial charge in [-0.3, -0.25) is 14.4 Å². The fourth-order valence-electron chi connectivity index (χ4n) is 10.5. The maximum absolute atomic E-state index is 12.8. The van der Waals surface area contributed by atoms with E-state index in [1.165, 1.54) is 257 Å². The standard InChI is InChI=1S/C70H132O6/c1-4-7-10-13-16-19-22-24-25-26-27-28-29-30-31-32-33-34-35-36-37-38-39-40-41-42-43-44-46-48-51-54-57-60-63-69(72)75-66-67(65-74-68(71)62-59-56-53-50-47-21-18-15-12-9-6-3)76-70(73)64-61-58-55-52-49-45-23-20-17-14-11-8-5-2/h11,14,20,23,67H,4-10,12-13,15-19,21-22,24-66H2,1-3H3/b14-11-,23-20-. The van der Waals surface area contributed by atoms with Crippen LogP contribution in [0.15, 0.2) is 24.3 Å². The molecule has 0 aromatic carbocycles. The van der Waals surface area contributed by atoms with Crippen molar-refractivity contribution in [2.24, 2.45) is 0 Å². The van der Waals surface area contributed by atoms with Gasteiger partial charge in [-0.2, -0.15) is 0 Å². The molecular formula is C70H132O6. The van der Waals surface area contributed by atoms with Gasteiger partial charge in [-0.05, 0) is 44.9 Å². The highest BCUT2D eigenvalue weighted by molar-refractivity contribution is 5.71. The lowest BCUT2D eigenvalue weighted by Gasteiger charge is -2.18. The Kier molecular flexibility index (Phi) is 63.6. The van der Waals surface area contributed by atoms with E-state index in [0.29, 0.717) is 19.3 Å². The highest BCUT2D eigenvalue weighted by Gasteiger charge is 2.19. The van der Waals surface area contributed by atoms with Crippen molar-refractivity contribution in [2.75, 3.05) is 13.2 Å². The highest BCUT2D eigenvalue weighted by Crippen LogP contribution is 2.19. The van der Waals surface area contributed by atoms with Gasteiger partial charge in [0.15, 0.2) is 6.10 Å². The van der Waals surface area contributed by atoms with Crippen molar-refractivity contribution < 1.29 is 28.6 Å². The molecule has 0 aromatic rings. The van der Waals surface area contributed by atoms with Crippen LogP contribution in [0.4, 0.5) is 0 Å². The molecule has 0 radical (unpaired) electrons. The molecule has 0 bridgehead atoms. The third-order valence-electron chi connectivity index (χ3n) is 15.7. The Morgan fingerprint density at radius 3 is 0.776 bits per heavy atom. The number of hydrogen-bond acceptors (Lipinski definition) is 6. The molecule has 448 valence electrons. The fraction of sp³-hybridized carbons (Fsp3) is 0.900. The first-order chi connectivity index (χ1) is 37.5. The van der Waals surface area contributed by atoms with Gasteiger partial charge in [0, 0.05) is 19.3 Å². The Labute approximate surface area is 474 Å². The zero-order chi connectivity index (χ0) is 55.0. The molecule has 0 aliphatic rings. The van der Waals surface area contributed by atoms with Crippen LogP contribution >= 0.6 is 0 Å². The molecular weight excluding hydrogens is 937 g/mol. The molecule has 0 aromatic heterocycles. The molecule has 1 atom stereocenters. The number of rotatable bonds is 64. The molecule has 0 saturated heterocycles. The van der Waals surface area contributed by atoms with E-state index >= 15 is 0 Å². The van der Waals surface area contributed by atoms with Crippen LogP contribution < -0.4 is 0 Å². The fourth-order valence-corrected chi connectivity index (χ4v) is 10.5. The first-order valence-electron chi connectivity index (χ1n) is 34.3. The van der Waals surface area contributed by atoms with E-state index in [2.05, 4.69) is 45.1 Å². The molecule has 0 saturated carbocycles. The van der Waals surface area contributed by atoms with Gasteiger partial charge in [-0.15, -0.1) is 0 Å². The van der Waals surface area contributed by atoms with Crippen molar-refractivity contribution in [3.63, 3.8) is 0 Å². The van der Waals surface area contributed by atoms with E-state index in [0.717, 1.165) is 89.9 Å². The summed E-state index contributed by atoms with van der Waals surface area (Å²) in [7, 11) is 0. The maximum atomic E-state index is 12.8. The van der Waals surface area contributed by atoms with Crippen LogP contribution in [0.1, 0.15) is 387 Å². The molecule has 6 heteroatoms. The summed E-state index contributed by atoms with van der Waals surface area (Å²) in [5.74, 6) is -0.863. The number of unbranched alkanes of at least 4 members (excludes halogenated alkanes) is 49. The number of carbonyl (C=O) groups is 3. The van der Waals surface area contributed by atoms with Crippen LogP contribution in [0, 0.1) is 0 Å². The lowest BCUT2D eigenvalue weighted by atomic mass is 10.0. The number of carbonyl (C=O) groups excluding carboxylic acids is 3. The largest absolute Gasteiger partial charge is 0.462 e. The Morgan fingerprint density at radius 2 is 0.500 bits per heavy atom. The summed E-state index contributed by atoms with van der Waals surface area (Å²) >= 11 is 0. The Balaban J connectivity index is 3.97. The smallest absolute Gasteiger partial charge is 0.306 e. The molecule has 0 rings (SSSR count). The molecule has 0 N–H and O–H groups in total. The molecule has 0 heterocycles. The Bertz CT molecular complexity index is 1230. The second-order valence-corrected chi connectivity index (χ2v) is 23.5. The molecule has 0 aliphatic carbocycles. The zero-order valence-electron chi connectivity index (χ0n) is 51.6. The zero-order valence-corrected chi connectivity index (χ0v) is 51.6. The summed E-state index contributed by atoms with van der Waals surface area (Å²) < 4.78 is 16.9. The van der Waals surface area contributed by atoms with E-state index in [9.17, 15) is 14.4 Å². The maximum Gasteiger partial charge on any atom is 0.306 e. The molecule has 0 aliphatic heterocycles. The highest BCUT2D eigenvalue weighted by atomic mass is 16.6. The topological polar surface area (TPSA) is 78.9 Å². The Hall–Kier alpha value is -2.11. The van der Waals surface area contributed by atoms with E-state index in [1.807, 2.05) is 0 Å². The van der Waals surface area contributed by atoms with Crippen molar-refractivity contribution in [1.82, 2.24) is 0 Å². The van der Waals surface area contributed by atoms with Crippen molar-refractivity contribution in [2.45, 2.75) is 393 Å². The lowest BCUT2D eigenvalue weighted by Crippen LogP contribution is -2.30. The van der Waals surface area contributed by atoms with Crippen LogP contribution in [0.2, 0.25) is 0 Å². The van der Waals surface area contributed by atoms with Crippen molar-refractivity contribution >= 4 is 17.9 Å². The summed E-state index contributed by atoms with van der Waals surface area (Å²) in [4.78, 5) is 38.2. The van der Waals surface area contributed by atoms with Gasteiger partial charge in [0.25, 0.3) is 0 Å². The van der Waals surface area contributed by atoms with Gasteiger partial charge in [-0.1, -0.05) is 347 Å². The van der Waals surface area contributed by atoms with Crippen molar-refractivity contribution in [3.05, 3.63) is 24.3 Å². The second-order valence-electron chi connectivity index (χ2n) is 23.5. The molecule has 0 fully saturated rings. The average Bonchev–Trinajstić information content (AvgIpc) is 3.42. The number of allylic oxidation sites excluding steroid dienone is 4. The predicted molar refractivity (Wildman–Crippen MR) is 330 cm³/mol. The van der Waals surface area contributed by atoms with Gasteiger partial charge < -0.3 is 14.2 Å². The first-order valence-corrected chi connectivity index (χ1v) is 34.3. The third-order valence-corrected chi connectivity index (χ3v) is 15.7. The van der Waals surface area contributed by atoms with Gasteiger partial charge in [0.1, 0.15) is 13.2 Å². The van der Waals surface area contributed by atoms with Gasteiger partial charge in [0.2, 0.25) is 0 Å². The summed E-state index contributed by atoms with van der Waals surface area (Å²) in [6.07, 6.45) is 79.5. The quantitative estimate of drug-likeness (QED) is 0.0261. The van der Waals surface area contributed by atoms with Crippen LogP contribution in [0.5, 0.6) is 0 Å². The van der Waals surface area contributed by atoms with E-state index in [1.54, 1.807) is 0 Å². The van der Waals surface area contributed by atoms with Gasteiger partial charge >= 0.3 is 17.9 Å². The third kappa shape index (κ3) is 62.7. The van der Waals surface area contributed by atoms with Gasteiger partial charge in [0.05, 0.1) is 0 Å². The van der Waals surface area contributed by atoms with Crippen LogP contribution in [-0.2, 0) is 28.6 Å². The summed E-state index contributed by atoms with van der Waals surface area (Å²) in [5.41, 5.74) is 0. The van der Waals surface area contributed by atoms with Crippen LogP contribution in [0.3, 0.4) is 0 Å². The second kappa shape index (κ2) is 65.4. The molecule has 1 unspecified atom stereocenters. The van der Waals surface area contributed by atoms with Crippen LogP contribution in [-0.4, -0.2) is 37.2 Å². The average molecular weight is 1070 g/mol. The van der Waals surface area contributed by atoms with E-state index in [4.69, 9.17) is 14.2 Å². The van der Waals surface area contributed by atoms with Crippen molar-refractivity contribution in [1.29, 1.82) is 0 Å². The monoisotopic (exact) mass is 1070 g/mol.